The number of nitro benzene ring substituents is 1. The Morgan fingerprint density at radius 2 is 2.35 bits per heavy atom. The molecule has 0 bridgehead atoms. The highest BCUT2D eigenvalue weighted by Gasteiger charge is 2.14. The standard InChI is InChI=1S/C8H7IN6O2/c9-5-1-2-6(7(3-5)15(16)17)10-4-8-11-13-14-12-8/h1-3,10H,4H2,(H,11,12,13,14). The number of halogens is 1. The van der Waals surface area contributed by atoms with E-state index in [0.717, 1.165) is 3.57 Å². The van der Waals surface area contributed by atoms with E-state index in [1.165, 1.54) is 6.07 Å². The summed E-state index contributed by atoms with van der Waals surface area (Å²) in [6.07, 6.45) is 0. The van der Waals surface area contributed by atoms with Crippen LogP contribution in [0.15, 0.2) is 18.2 Å². The second kappa shape index (κ2) is 5.03. The van der Waals surface area contributed by atoms with Gasteiger partial charge in [-0.25, -0.2) is 0 Å². The van der Waals surface area contributed by atoms with E-state index in [0.29, 0.717) is 11.5 Å². The molecule has 0 saturated heterocycles. The van der Waals surface area contributed by atoms with Gasteiger partial charge in [0.25, 0.3) is 5.69 Å². The first-order valence-electron chi connectivity index (χ1n) is 4.57. The number of benzene rings is 1. The molecule has 1 aromatic carbocycles. The van der Waals surface area contributed by atoms with Crippen LogP contribution in [0.5, 0.6) is 0 Å². The lowest BCUT2D eigenvalue weighted by atomic mass is 10.2. The number of nitrogens with one attached hydrogen (secondary N) is 2. The molecule has 8 nitrogen and oxygen atoms in total. The molecule has 0 radical (unpaired) electrons. The first-order valence-corrected chi connectivity index (χ1v) is 5.65. The number of hydrogen-bond acceptors (Lipinski definition) is 6. The van der Waals surface area contributed by atoms with Crippen LogP contribution in [0.2, 0.25) is 0 Å². The van der Waals surface area contributed by atoms with Gasteiger partial charge in [0, 0.05) is 9.64 Å². The lowest BCUT2D eigenvalue weighted by Gasteiger charge is -2.04. The van der Waals surface area contributed by atoms with E-state index in [-0.39, 0.29) is 12.2 Å². The Kier molecular flexibility index (Phi) is 3.46. The molecular formula is C8H7IN6O2. The second-order valence-electron chi connectivity index (χ2n) is 3.10. The van der Waals surface area contributed by atoms with Crippen LogP contribution in [0.25, 0.3) is 0 Å². The molecule has 1 aromatic heterocycles. The maximum atomic E-state index is 10.8. The molecule has 0 aliphatic heterocycles. The van der Waals surface area contributed by atoms with Crippen LogP contribution >= 0.6 is 22.6 Å². The molecule has 0 unspecified atom stereocenters. The van der Waals surface area contributed by atoms with Gasteiger partial charge >= 0.3 is 0 Å². The zero-order chi connectivity index (χ0) is 12.3. The zero-order valence-electron chi connectivity index (χ0n) is 8.42. The van der Waals surface area contributed by atoms with E-state index in [1.807, 2.05) is 22.6 Å². The molecule has 0 amide bonds. The molecule has 0 spiro atoms. The van der Waals surface area contributed by atoms with Crippen molar-refractivity contribution >= 4 is 34.0 Å². The SMILES string of the molecule is O=[N+]([O-])c1cc(I)ccc1NCc1nn[nH]n1. The normalized spacial score (nSPS) is 10.2. The predicted octanol–water partition coefficient (Wildman–Crippen LogP) is 1.32. The van der Waals surface area contributed by atoms with Crippen molar-refractivity contribution in [2.45, 2.75) is 6.54 Å². The minimum Gasteiger partial charge on any atom is -0.372 e. The minimum absolute atomic E-state index is 0.0281. The number of H-pyrrole nitrogens is 1. The van der Waals surface area contributed by atoms with E-state index < -0.39 is 4.92 Å². The smallest absolute Gasteiger partial charge is 0.293 e. The average Bonchev–Trinajstić information content (AvgIpc) is 2.80. The number of tetrazole rings is 1. The van der Waals surface area contributed by atoms with Crippen molar-refractivity contribution in [1.29, 1.82) is 0 Å². The highest BCUT2D eigenvalue weighted by Crippen LogP contribution is 2.26. The Labute approximate surface area is 109 Å². The number of nitro groups is 1. The molecule has 9 heteroatoms. The lowest BCUT2D eigenvalue weighted by molar-refractivity contribution is -0.384. The van der Waals surface area contributed by atoms with E-state index >= 15 is 0 Å². The first kappa shape index (κ1) is 11.7. The summed E-state index contributed by atoms with van der Waals surface area (Å²) < 4.78 is 0.805. The molecule has 0 atom stereocenters. The van der Waals surface area contributed by atoms with Crippen LogP contribution in [0.3, 0.4) is 0 Å². The zero-order valence-corrected chi connectivity index (χ0v) is 10.6. The molecule has 2 aromatic rings. The van der Waals surface area contributed by atoms with Gasteiger partial charge in [0.15, 0.2) is 5.82 Å². The van der Waals surface area contributed by atoms with Crippen molar-refractivity contribution in [3.8, 4) is 0 Å². The molecule has 0 saturated carbocycles. The average molecular weight is 346 g/mol. The minimum atomic E-state index is -0.430. The summed E-state index contributed by atoms with van der Waals surface area (Å²) in [7, 11) is 0. The first-order chi connectivity index (χ1) is 8.16. The van der Waals surface area contributed by atoms with Gasteiger partial charge in [-0.1, -0.05) is 5.21 Å². The van der Waals surface area contributed by atoms with Crippen molar-refractivity contribution in [3.63, 3.8) is 0 Å². The van der Waals surface area contributed by atoms with E-state index in [9.17, 15) is 10.1 Å². The van der Waals surface area contributed by atoms with Crippen LogP contribution in [0, 0.1) is 13.7 Å². The summed E-state index contributed by atoms with van der Waals surface area (Å²) in [5.74, 6) is 0.442. The highest BCUT2D eigenvalue weighted by atomic mass is 127. The Morgan fingerprint density at radius 1 is 1.53 bits per heavy atom. The third-order valence-electron chi connectivity index (χ3n) is 1.98. The molecule has 0 aliphatic rings. The van der Waals surface area contributed by atoms with Gasteiger partial charge in [-0.3, -0.25) is 10.1 Å². The van der Waals surface area contributed by atoms with Crippen molar-refractivity contribution < 1.29 is 4.92 Å². The number of rotatable bonds is 4. The van der Waals surface area contributed by atoms with Crippen molar-refractivity contribution in [3.05, 3.63) is 37.7 Å². The molecule has 0 fully saturated rings. The highest BCUT2D eigenvalue weighted by molar-refractivity contribution is 14.1. The monoisotopic (exact) mass is 346 g/mol. The summed E-state index contributed by atoms with van der Waals surface area (Å²) in [6.45, 7) is 0.276. The number of aromatic amines is 1. The predicted molar refractivity (Wildman–Crippen MR) is 67.3 cm³/mol. The van der Waals surface area contributed by atoms with E-state index in [4.69, 9.17) is 0 Å². The van der Waals surface area contributed by atoms with Gasteiger partial charge in [-0.05, 0) is 34.7 Å². The van der Waals surface area contributed by atoms with Gasteiger partial charge in [-0.15, -0.1) is 10.2 Å². The second-order valence-corrected chi connectivity index (χ2v) is 4.35. The van der Waals surface area contributed by atoms with Gasteiger partial charge in [0.2, 0.25) is 0 Å². The number of anilines is 1. The summed E-state index contributed by atoms with van der Waals surface area (Å²) in [6, 6.07) is 4.94. The van der Waals surface area contributed by atoms with Gasteiger partial charge in [-0.2, -0.15) is 5.21 Å². The summed E-state index contributed by atoms with van der Waals surface area (Å²) in [5, 5.41) is 26.9. The molecule has 1 heterocycles. The summed E-state index contributed by atoms with van der Waals surface area (Å²) >= 11 is 2.02. The van der Waals surface area contributed by atoms with Crippen molar-refractivity contribution in [2.75, 3.05) is 5.32 Å². The Hall–Kier alpha value is -1.78. The number of hydrogen-bond donors (Lipinski definition) is 2. The summed E-state index contributed by atoms with van der Waals surface area (Å²) in [5.41, 5.74) is 0.459. The van der Waals surface area contributed by atoms with E-state index in [1.54, 1.807) is 12.1 Å². The third-order valence-corrected chi connectivity index (χ3v) is 2.65. The Balaban J connectivity index is 2.17. The Bertz CT molecular complexity index is 529. The molecule has 88 valence electrons. The quantitative estimate of drug-likeness (QED) is 0.491. The fourth-order valence-corrected chi connectivity index (χ4v) is 1.71. The van der Waals surface area contributed by atoms with Crippen molar-refractivity contribution in [2.24, 2.45) is 0 Å². The fourth-order valence-electron chi connectivity index (χ4n) is 1.24. The largest absolute Gasteiger partial charge is 0.372 e. The van der Waals surface area contributed by atoms with Gasteiger partial charge in [0.1, 0.15) is 5.69 Å². The van der Waals surface area contributed by atoms with Crippen LogP contribution < -0.4 is 5.32 Å². The summed E-state index contributed by atoms with van der Waals surface area (Å²) in [4.78, 5) is 10.4. The van der Waals surface area contributed by atoms with Gasteiger partial charge in [0.05, 0.1) is 11.5 Å². The third kappa shape index (κ3) is 2.87. The maximum Gasteiger partial charge on any atom is 0.293 e. The molecule has 2 N–H and O–H groups in total. The molecule has 0 aliphatic carbocycles. The van der Waals surface area contributed by atoms with Crippen LogP contribution in [0.4, 0.5) is 11.4 Å². The maximum absolute atomic E-state index is 10.8. The molecule has 2 rings (SSSR count). The Morgan fingerprint density at radius 3 is 3.00 bits per heavy atom. The number of nitrogens with zero attached hydrogens (tertiary/aromatic N) is 4. The van der Waals surface area contributed by atoms with Crippen molar-refractivity contribution in [1.82, 2.24) is 20.6 Å². The molecule has 17 heavy (non-hydrogen) atoms. The fraction of sp³-hybridized carbons (Fsp3) is 0.125. The van der Waals surface area contributed by atoms with E-state index in [2.05, 4.69) is 25.9 Å². The lowest BCUT2D eigenvalue weighted by Crippen LogP contribution is -2.04. The molecular weight excluding hydrogens is 339 g/mol. The number of aromatic nitrogens is 4. The van der Waals surface area contributed by atoms with Crippen LogP contribution in [0.1, 0.15) is 5.82 Å². The topological polar surface area (TPSA) is 110 Å². The van der Waals surface area contributed by atoms with Crippen LogP contribution in [-0.2, 0) is 6.54 Å². The van der Waals surface area contributed by atoms with Gasteiger partial charge < -0.3 is 5.32 Å². The van der Waals surface area contributed by atoms with Crippen LogP contribution in [-0.4, -0.2) is 25.5 Å².